The monoisotopic (exact) mass is 279 g/mol. The van der Waals surface area contributed by atoms with Crippen LogP contribution in [0.3, 0.4) is 0 Å². The van der Waals surface area contributed by atoms with Crippen molar-refractivity contribution in [2.75, 3.05) is 25.4 Å². The number of rotatable bonds is 2. The smallest absolute Gasteiger partial charge is 0.180 e. The molecular formula is C10H15Cl2N3S-2. The Morgan fingerprint density at radius 2 is 2.06 bits per heavy atom. The first-order chi connectivity index (χ1) is 6.79. The van der Waals surface area contributed by atoms with Crippen LogP contribution in [0.1, 0.15) is 10.6 Å². The maximum absolute atomic E-state index is 5.68. The van der Waals surface area contributed by atoms with Crippen LogP contribution >= 0.6 is 11.3 Å². The molecule has 1 aliphatic heterocycles. The topological polar surface area (TPSA) is 42.2 Å². The van der Waals surface area contributed by atoms with Gasteiger partial charge in [-0.3, -0.25) is 4.90 Å². The van der Waals surface area contributed by atoms with E-state index >= 15 is 0 Å². The molecule has 0 unspecified atom stereocenters. The van der Waals surface area contributed by atoms with Gasteiger partial charge in [0, 0.05) is 30.9 Å². The van der Waals surface area contributed by atoms with Gasteiger partial charge in [-0.05, 0) is 6.42 Å². The van der Waals surface area contributed by atoms with Gasteiger partial charge in [0.05, 0.1) is 5.69 Å². The van der Waals surface area contributed by atoms with Crippen molar-refractivity contribution in [1.29, 1.82) is 0 Å². The molecule has 16 heavy (non-hydrogen) atoms. The highest BCUT2D eigenvalue weighted by Crippen LogP contribution is 2.23. The molecular weight excluding hydrogens is 265 g/mol. The summed E-state index contributed by atoms with van der Waals surface area (Å²) in [6, 6.07) is 0. The highest BCUT2D eigenvalue weighted by molar-refractivity contribution is 7.15. The average molecular weight is 280 g/mol. The van der Waals surface area contributed by atoms with Crippen LogP contribution in [-0.2, 0) is 12.8 Å². The van der Waals surface area contributed by atoms with Crippen LogP contribution in [0.15, 0.2) is 12.7 Å². The summed E-state index contributed by atoms with van der Waals surface area (Å²) in [5.41, 5.74) is 6.89. The minimum Gasteiger partial charge on any atom is -1.00 e. The van der Waals surface area contributed by atoms with Gasteiger partial charge in [0.15, 0.2) is 5.13 Å². The summed E-state index contributed by atoms with van der Waals surface area (Å²) in [6.45, 7) is 6.91. The second-order valence-electron chi connectivity index (χ2n) is 3.51. The second kappa shape index (κ2) is 7.12. The van der Waals surface area contributed by atoms with Crippen LogP contribution in [0.5, 0.6) is 0 Å². The van der Waals surface area contributed by atoms with Gasteiger partial charge in [0.25, 0.3) is 0 Å². The molecule has 1 aromatic rings. The number of fused-ring (bicyclic) bond motifs is 1. The molecule has 0 aromatic carbocycles. The van der Waals surface area contributed by atoms with Crippen molar-refractivity contribution in [3.63, 3.8) is 0 Å². The predicted octanol–water partition coefficient (Wildman–Crippen LogP) is -4.68. The molecule has 0 fully saturated rings. The fourth-order valence-corrected chi connectivity index (χ4v) is 2.66. The van der Waals surface area contributed by atoms with Gasteiger partial charge >= 0.3 is 0 Å². The molecule has 6 heteroatoms. The molecule has 0 bridgehead atoms. The maximum atomic E-state index is 5.68. The van der Waals surface area contributed by atoms with E-state index in [1.165, 1.54) is 10.6 Å². The molecule has 1 aromatic heterocycles. The zero-order valence-corrected chi connectivity index (χ0v) is 11.3. The summed E-state index contributed by atoms with van der Waals surface area (Å²) in [7, 11) is 0. The molecule has 2 heterocycles. The normalized spacial score (nSPS) is 15.2. The first-order valence-electron chi connectivity index (χ1n) is 4.87. The van der Waals surface area contributed by atoms with Gasteiger partial charge in [-0.15, -0.1) is 17.9 Å². The van der Waals surface area contributed by atoms with Crippen molar-refractivity contribution in [3.05, 3.63) is 23.2 Å². The van der Waals surface area contributed by atoms with E-state index in [1.807, 2.05) is 6.08 Å². The van der Waals surface area contributed by atoms with E-state index in [0.29, 0.717) is 5.13 Å². The summed E-state index contributed by atoms with van der Waals surface area (Å²) in [5, 5.41) is 0.715. The second-order valence-corrected chi connectivity index (χ2v) is 4.63. The van der Waals surface area contributed by atoms with Crippen molar-refractivity contribution in [2.24, 2.45) is 0 Å². The fraction of sp³-hybridized carbons (Fsp3) is 0.500. The van der Waals surface area contributed by atoms with E-state index in [0.717, 1.165) is 32.5 Å². The number of hydrogen-bond donors (Lipinski definition) is 1. The minimum absolute atomic E-state index is 0. The van der Waals surface area contributed by atoms with Gasteiger partial charge in [-0.1, -0.05) is 6.08 Å². The largest absolute Gasteiger partial charge is 1.00 e. The lowest BCUT2D eigenvalue weighted by Crippen LogP contribution is -3.00. The number of thiazole rings is 1. The quantitative estimate of drug-likeness (QED) is 0.554. The lowest BCUT2D eigenvalue weighted by Gasteiger charge is -2.16. The molecule has 0 amide bonds. The van der Waals surface area contributed by atoms with Crippen molar-refractivity contribution >= 4 is 16.5 Å². The van der Waals surface area contributed by atoms with E-state index < -0.39 is 0 Å². The summed E-state index contributed by atoms with van der Waals surface area (Å²) in [5.74, 6) is 0. The molecule has 0 aliphatic carbocycles. The predicted molar refractivity (Wildman–Crippen MR) is 60.6 cm³/mol. The van der Waals surface area contributed by atoms with Gasteiger partial charge in [0.2, 0.25) is 0 Å². The van der Waals surface area contributed by atoms with Crippen LogP contribution in [0.25, 0.3) is 0 Å². The van der Waals surface area contributed by atoms with Crippen LogP contribution in [0.4, 0.5) is 5.13 Å². The van der Waals surface area contributed by atoms with E-state index in [2.05, 4.69) is 16.5 Å². The molecule has 1 aliphatic rings. The molecule has 3 nitrogen and oxygen atoms in total. The Morgan fingerprint density at radius 3 is 2.75 bits per heavy atom. The molecule has 92 valence electrons. The molecule has 0 saturated heterocycles. The third-order valence-corrected chi connectivity index (χ3v) is 3.49. The van der Waals surface area contributed by atoms with Gasteiger partial charge in [-0.25, -0.2) is 4.98 Å². The van der Waals surface area contributed by atoms with Crippen molar-refractivity contribution < 1.29 is 24.8 Å². The first-order valence-corrected chi connectivity index (χ1v) is 5.68. The zero-order valence-electron chi connectivity index (χ0n) is 8.96. The highest BCUT2D eigenvalue weighted by atomic mass is 35.5. The van der Waals surface area contributed by atoms with E-state index in [4.69, 9.17) is 5.73 Å². The molecule has 0 atom stereocenters. The lowest BCUT2D eigenvalue weighted by atomic mass is 10.2. The number of aromatic nitrogens is 1. The summed E-state index contributed by atoms with van der Waals surface area (Å²) in [4.78, 5) is 8.12. The van der Waals surface area contributed by atoms with Crippen LogP contribution in [0.2, 0.25) is 0 Å². The van der Waals surface area contributed by atoms with Gasteiger partial charge < -0.3 is 30.5 Å². The molecule has 2 rings (SSSR count). The highest BCUT2D eigenvalue weighted by Gasteiger charge is 2.16. The Morgan fingerprint density at radius 1 is 1.38 bits per heavy atom. The van der Waals surface area contributed by atoms with Crippen LogP contribution in [-0.4, -0.2) is 29.5 Å². The van der Waals surface area contributed by atoms with E-state index in [9.17, 15) is 0 Å². The Hall–Kier alpha value is -0.290. The SMILES string of the molecule is C=CCN1CCc2nc(N)sc2CC1.[Cl-].[Cl-]. The Bertz CT molecular complexity index is 315. The van der Waals surface area contributed by atoms with Gasteiger partial charge in [0.1, 0.15) is 0 Å². The first kappa shape index (κ1) is 15.7. The van der Waals surface area contributed by atoms with Crippen molar-refractivity contribution in [1.82, 2.24) is 9.88 Å². The molecule has 0 saturated carbocycles. The van der Waals surface area contributed by atoms with Crippen LogP contribution < -0.4 is 30.5 Å². The number of nitrogen functional groups attached to an aromatic ring is 1. The van der Waals surface area contributed by atoms with E-state index in [1.54, 1.807) is 11.3 Å². The Labute approximate surface area is 113 Å². The molecule has 0 spiro atoms. The third kappa shape index (κ3) is 3.63. The zero-order chi connectivity index (χ0) is 9.97. The summed E-state index contributed by atoms with van der Waals surface area (Å²) < 4.78 is 0. The van der Waals surface area contributed by atoms with Crippen molar-refractivity contribution in [2.45, 2.75) is 12.8 Å². The van der Waals surface area contributed by atoms with E-state index in [-0.39, 0.29) is 24.8 Å². The van der Waals surface area contributed by atoms with Crippen molar-refractivity contribution in [3.8, 4) is 0 Å². The molecule has 0 radical (unpaired) electrons. The number of nitrogens with zero attached hydrogens (tertiary/aromatic N) is 2. The third-order valence-electron chi connectivity index (χ3n) is 2.50. The number of anilines is 1. The maximum Gasteiger partial charge on any atom is 0.180 e. The lowest BCUT2D eigenvalue weighted by molar-refractivity contribution is -0.001000. The molecule has 2 N–H and O–H groups in total. The summed E-state index contributed by atoms with van der Waals surface area (Å²) >= 11 is 1.64. The fourth-order valence-electron chi connectivity index (χ4n) is 1.79. The van der Waals surface area contributed by atoms with Crippen LogP contribution in [0, 0.1) is 0 Å². The minimum atomic E-state index is 0. The standard InChI is InChI=1S/C10H15N3S.2ClH/c1-2-5-13-6-3-8-9(4-7-13)14-10(11)12-8;;/h2H,1,3-7H2,(H2,11,12);2*1H/p-2. The Balaban J connectivity index is 0.00000112. The number of hydrogen-bond acceptors (Lipinski definition) is 4. The summed E-state index contributed by atoms with van der Waals surface area (Å²) in [6.07, 6.45) is 4.07. The number of halogens is 2. The number of nitrogens with two attached hydrogens (primary N) is 1. The average Bonchev–Trinajstić information content (AvgIpc) is 2.42. The van der Waals surface area contributed by atoms with Gasteiger partial charge in [-0.2, -0.15) is 0 Å². The Kier molecular flexibility index (Phi) is 6.99.